The van der Waals surface area contributed by atoms with E-state index in [9.17, 15) is 4.79 Å². The first-order chi connectivity index (χ1) is 14.6. The molecule has 0 bridgehead atoms. The highest BCUT2D eigenvalue weighted by Crippen LogP contribution is 2.27. The lowest BCUT2D eigenvalue weighted by molar-refractivity contribution is 0.303. The molecule has 4 aromatic rings. The molecule has 3 aromatic carbocycles. The summed E-state index contributed by atoms with van der Waals surface area (Å²) in [6, 6.07) is 20.4. The van der Waals surface area contributed by atoms with Crippen molar-refractivity contribution in [3.63, 3.8) is 0 Å². The SMILES string of the molecule is COc1cc(COc2ccc3cc(-c4ccc(Br)cc4)c(=O)oc3c2)cc(OC)c1. The van der Waals surface area contributed by atoms with E-state index in [1.165, 1.54) is 0 Å². The molecule has 0 aliphatic carbocycles. The number of halogens is 1. The molecular formula is C24H19BrO5. The van der Waals surface area contributed by atoms with Crippen LogP contribution < -0.4 is 19.8 Å². The van der Waals surface area contributed by atoms with Gasteiger partial charge < -0.3 is 18.6 Å². The van der Waals surface area contributed by atoms with E-state index in [1.54, 1.807) is 26.4 Å². The minimum absolute atomic E-state index is 0.320. The molecule has 1 heterocycles. The summed E-state index contributed by atoms with van der Waals surface area (Å²) < 4.78 is 23.0. The summed E-state index contributed by atoms with van der Waals surface area (Å²) >= 11 is 3.40. The Morgan fingerprint density at radius 3 is 2.20 bits per heavy atom. The van der Waals surface area contributed by atoms with Gasteiger partial charge in [0, 0.05) is 22.0 Å². The summed E-state index contributed by atoms with van der Waals surface area (Å²) in [5.74, 6) is 1.99. The second-order valence-electron chi connectivity index (χ2n) is 6.66. The number of hydrogen-bond donors (Lipinski definition) is 0. The largest absolute Gasteiger partial charge is 0.497 e. The van der Waals surface area contributed by atoms with Crippen molar-refractivity contribution in [2.75, 3.05) is 14.2 Å². The van der Waals surface area contributed by atoms with Crippen molar-refractivity contribution in [3.8, 4) is 28.4 Å². The fourth-order valence-electron chi connectivity index (χ4n) is 3.13. The van der Waals surface area contributed by atoms with E-state index >= 15 is 0 Å². The van der Waals surface area contributed by atoms with Crippen LogP contribution in [0.5, 0.6) is 17.2 Å². The van der Waals surface area contributed by atoms with Crippen LogP contribution in [0.1, 0.15) is 5.56 Å². The van der Waals surface area contributed by atoms with Crippen LogP contribution >= 0.6 is 15.9 Å². The molecule has 4 rings (SSSR count). The number of methoxy groups -OCH3 is 2. The molecule has 0 unspecified atom stereocenters. The second-order valence-corrected chi connectivity index (χ2v) is 7.58. The highest BCUT2D eigenvalue weighted by molar-refractivity contribution is 9.10. The van der Waals surface area contributed by atoms with Crippen molar-refractivity contribution < 1.29 is 18.6 Å². The Morgan fingerprint density at radius 1 is 0.833 bits per heavy atom. The Kier molecular flexibility index (Phi) is 5.77. The van der Waals surface area contributed by atoms with E-state index in [0.717, 1.165) is 21.0 Å². The van der Waals surface area contributed by atoms with Gasteiger partial charge in [0.2, 0.25) is 0 Å². The smallest absolute Gasteiger partial charge is 0.344 e. The Hall–Kier alpha value is -3.25. The van der Waals surface area contributed by atoms with Gasteiger partial charge in [-0.05, 0) is 53.6 Å². The van der Waals surface area contributed by atoms with Crippen LogP contribution in [0.4, 0.5) is 0 Å². The zero-order valence-electron chi connectivity index (χ0n) is 16.5. The molecule has 5 nitrogen and oxygen atoms in total. The molecule has 30 heavy (non-hydrogen) atoms. The fourth-order valence-corrected chi connectivity index (χ4v) is 3.39. The average Bonchev–Trinajstić information content (AvgIpc) is 2.77. The van der Waals surface area contributed by atoms with Crippen molar-refractivity contribution in [1.29, 1.82) is 0 Å². The lowest BCUT2D eigenvalue weighted by atomic mass is 10.1. The molecule has 0 spiro atoms. The normalized spacial score (nSPS) is 10.8. The average molecular weight is 467 g/mol. The Labute approximate surface area is 181 Å². The monoisotopic (exact) mass is 466 g/mol. The van der Waals surface area contributed by atoms with Gasteiger partial charge in [0.15, 0.2) is 0 Å². The quantitative estimate of drug-likeness (QED) is 0.335. The molecule has 0 aliphatic rings. The summed E-state index contributed by atoms with van der Waals surface area (Å²) in [4.78, 5) is 12.5. The summed E-state index contributed by atoms with van der Waals surface area (Å²) in [6.45, 7) is 0.320. The maximum absolute atomic E-state index is 12.5. The molecule has 0 saturated carbocycles. The van der Waals surface area contributed by atoms with Gasteiger partial charge in [0.25, 0.3) is 0 Å². The first-order valence-corrected chi connectivity index (χ1v) is 10.0. The molecule has 0 saturated heterocycles. The molecule has 152 valence electrons. The van der Waals surface area contributed by atoms with Gasteiger partial charge >= 0.3 is 5.63 Å². The van der Waals surface area contributed by atoms with Gasteiger partial charge in [-0.2, -0.15) is 0 Å². The van der Waals surface area contributed by atoms with Gasteiger partial charge in [0.05, 0.1) is 19.8 Å². The van der Waals surface area contributed by atoms with Crippen molar-refractivity contribution in [1.82, 2.24) is 0 Å². The lowest BCUT2D eigenvalue weighted by Gasteiger charge is -2.10. The zero-order valence-corrected chi connectivity index (χ0v) is 18.1. The number of benzene rings is 3. The highest BCUT2D eigenvalue weighted by Gasteiger charge is 2.09. The van der Waals surface area contributed by atoms with E-state index in [4.69, 9.17) is 18.6 Å². The maximum Gasteiger partial charge on any atom is 0.344 e. The second kappa shape index (κ2) is 8.63. The first kappa shape index (κ1) is 20.0. The van der Waals surface area contributed by atoms with Gasteiger partial charge in [0.1, 0.15) is 29.4 Å². The standard InChI is InChI=1S/C24H19BrO5/c1-27-20-9-15(10-21(12-20)28-2)14-29-19-8-5-17-11-22(24(26)30-23(17)13-19)16-3-6-18(25)7-4-16/h3-13H,14H2,1-2H3. The first-order valence-electron chi connectivity index (χ1n) is 9.24. The van der Waals surface area contributed by atoms with Crippen LogP contribution in [-0.4, -0.2) is 14.2 Å². The summed E-state index contributed by atoms with van der Waals surface area (Å²) in [6.07, 6.45) is 0. The van der Waals surface area contributed by atoms with Crippen LogP contribution in [0.25, 0.3) is 22.1 Å². The minimum Gasteiger partial charge on any atom is -0.497 e. The zero-order chi connectivity index (χ0) is 21.1. The highest BCUT2D eigenvalue weighted by atomic mass is 79.9. The topological polar surface area (TPSA) is 57.9 Å². The third-order valence-corrected chi connectivity index (χ3v) is 5.21. The number of rotatable bonds is 6. The number of ether oxygens (including phenoxy) is 3. The molecule has 6 heteroatoms. The van der Waals surface area contributed by atoms with E-state index in [0.29, 0.717) is 35.0 Å². The Bertz CT molecular complexity index is 1220. The van der Waals surface area contributed by atoms with Crippen LogP contribution in [0, 0.1) is 0 Å². The van der Waals surface area contributed by atoms with E-state index < -0.39 is 0 Å². The van der Waals surface area contributed by atoms with Crippen LogP contribution in [-0.2, 0) is 6.61 Å². The molecule has 0 atom stereocenters. The van der Waals surface area contributed by atoms with Gasteiger partial charge in [-0.3, -0.25) is 0 Å². The lowest BCUT2D eigenvalue weighted by Crippen LogP contribution is -2.03. The molecule has 0 radical (unpaired) electrons. The molecule has 0 amide bonds. The summed E-state index contributed by atoms with van der Waals surface area (Å²) in [5.41, 5.74) is 2.31. The molecule has 0 aliphatic heterocycles. The van der Waals surface area contributed by atoms with E-state index in [2.05, 4.69) is 15.9 Å². The van der Waals surface area contributed by atoms with E-state index in [-0.39, 0.29) is 5.63 Å². The summed E-state index contributed by atoms with van der Waals surface area (Å²) in [7, 11) is 3.21. The van der Waals surface area contributed by atoms with Crippen molar-refractivity contribution in [3.05, 3.63) is 87.2 Å². The number of hydrogen-bond acceptors (Lipinski definition) is 5. The molecular weight excluding hydrogens is 448 g/mol. The number of fused-ring (bicyclic) bond motifs is 1. The third kappa shape index (κ3) is 4.33. The van der Waals surface area contributed by atoms with Crippen molar-refractivity contribution in [2.45, 2.75) is 6.61 Å². The predicted octanol–water partition coefficient (Wildman–Crippen LogP) is 5.82. The Morgan fingerprint density at radius 2 is 1.53 bits per heavy atom. The molecule has 1 aromatic heterocycles. The van der Waals surface area contributed by atoms with Gasteiger partial charge in [-0.1, -0.05) is 28.1 Å². The third-order valence-electron chi connectivity index (χ3n) is 4.68. The molecule has 0 fully saturated rings. The minimum atomic E-state index is -0.389. The maximum atomic E-state index is 12.5. The molecule has 0 N–H and O–H groups in total. The Balaban J connectivity index is 1.59. The van der Waals surface area contributed by atoms with Crippen molar-refractivity contribution >= 4 is 26.9 Å². The van der Waals surface area contributed by atoms with E-state index in [1.807, 2.05) is 54.6 Å². The fraction of sp³-hybridized carbons (Fsp3) is 0.125. The van der Waals surface area contributed by atoms with Crippen LogP contribution in [0.2, 0.25) is 0 Å². The van der Waals surface area contributed by atoms with Gasteiger partial charge in [-0.15, -0.1) is 0 Å². The van der Waals surface area contributed by atoms with Crippen LogP contribution in [0.15, 0.2) is 80.4 Å². The van der Waals surface area contributed by atoms with Crippen LogP contribution in [0.3, 0.4) is 0 Å². The predicted molar refractivity (Wildman–Crippen MR) is 119 cm³/mol. The van der Waals surface area contributed by atoms with Gasteiger partial charge in [-0.25, -0.2) is 4.79 Å². The van der Waals surface area contributed by atoms with Crippen molar-refractivity contribution in [2.24, 2.45) is 0 Å². The summed E-state index contributed by atoms with van der Waals surface area (Å²) in [5, 5.41) is 0.822.